The third kappa shape index (κ3) is 8.60. The first-order valence-electron chi connectivity index (χ1n) is 22.6. The van der Waals surface area contributed by atoms with Crippen LogP contribution in [-0.4, -0.2) is 112 Å². The molecule has 3 atom stereocenters. The highest BCUT2D eigenvalue weighted by atomic mass is 32.2. The van der Waals surface area contributed by atoms with E-state index in [4.69, 9.17) is 14.2 Å². The van der Waals surface area contributed by atoms with E-state index in [0.29, 0.717) is 71.2 Å². The quantitative estimate of drug-likeness (QED) is 0.0900. The van der Waals surface area contributed by atoms with Crippen molar-refractivity contribution in [2.24, 2.45) is 7.05 Å². The second-order valence-electron chi connectivity index (χ2n) is 17.8. The molecule has 66 heavy (non-hydrogen) atoms. The van der Waals surface area contributed by atoms with Gasteiger partial charge in [0, 0.05) is 69.3 Å². The summed E-state index contributed by atoms with van der Waals surface area (Å²) in [5.41, 5.74) is 1.60. The molecule has 348 valence electrons. The van der Waals surface area contributed by atoms with Crippen LogP contribution in [0.4, 0.5) is 25.1 Å². The van der Waals surface area contributed by atoms with Crippen LogP contribution in [0.25, 0.3) is 21.8 Å². The highest BCUT2D eigenvalue weighted by Crippen LogP contribution is 2.48. The van der Waals surface area contributed by atoms with Crippen LogP contribution in [-0.2, 0) is 21.3 Å². The van der Waals surface area contributed by atoms with Crippen LogP contribution in [0.5, 0.6) is 11.5 Å². The van der Waals surface area contributed by atoms with Crippen molar-refractivity contribution in [3.63, 3.8) is 0 Å². The van der Waals surface area contributed by atoms with Crippen molar-refractivity contribution in [2.75, 3.05) is 56.6 Å². The fraction of sp³-hybridized carbons (Fsp3) is 0.489. The van der Waals surface area contributed by atoms with Crippen LogP contribution in [0.3, 0.4) is 0 Å². The van der Waals surface area contributed by atoms with Gasteiger partial charge in [0.15, 0.2) is 17.4 Å². The lowest BCUT2D eigenvalue weighted by Gasteiger charge is -2.54. The molecule has 1 aliphatic carbocycles. The smallest absolute Gasteiger partial charge is 0.322 e. The number of nitriles is 1. The van der Waals surface area contributed by atoms with Gasteiger partial charge in [-0.3, -0.25) is 23.8 Å². The Hall–Kier alpha value is -5.65. The molecule has 1 saturated carbocycles. The molecule has 4 fully saturated rings. The highest BCUT2D eigenvalue weighted by molar-refractivity contribution is 7.98. The van der Waals surface area contributed by atoms with Crippen LogP contribution < -0.4 is 25.2 Å². The lowest BCUT2D eigenvalue weighted by Crippen LogP contribution is -2.61. The molecule has 3 aliphatic heterocycles. The third-order valence-electron chi connectivity index (χ3n) is 14.0. The Bertz CT molecular complexity index is 2740. The summed E-state index contributed by atoms with van der Waals surface area (Å²) in [5, 5.41) is 18.0. The molecule has 5 aromatic rings. The number of fused-ring (bicyclic) bond motifs is 4. The van der Waals surface area contributed by atoms with E-state index in [9.17, 15) is 19.6 Å². The number of anilines is 2. The molecule has 1 spiro atoms. The number of hydrogen-bond donors (Lipinski definition) is 2. The van der Waals surface area contributed by atoms with E-state index in [0.717, 1.165) is 51.4 Å². The fourth-order valence-corrected chi connectivity index (χ4v) is 11.1. The van der Waals surface area contributed by atoms with E-state index in [1.54, 1.807) is 40.8 Å². The Morgan fingerprint density at radius 1 is 1.06 bits per heavy atom. The predicted octanol–water partition coefficient (Wildman–Crippen LogP) is 7.18. The monoisotopic (exact) mass is 924 g/mol. The molecule has 16 nitrogen and oxygen atoms in total. The number of nitrogens with zero attached hydrogens (tertiary/aromatic N) is 8. The van der Waals surface area contributed by atoms with Crippen molar-refractivity contribution in [3.8, 4) is 17.6 Å². The lowest BCUT2D eigenvalue weighted by molar-refractivity contribution is -0.119. The van der Waals surface area contributed by atoms with Gasteiger partial charge in [0.05, 0.1) is 59.9 Å². The summed E-state index contributed by atoms with van der Waals surface area (Å²) in [4.78, 5) is 46.6. The summed E-state index contributed by atoms with van der Waals surface area (Å²) in [5.74, 6) is -0.790. The number of ether oxygens (including phenoxy) is 3. The largest absolute Gasteiger partial charge is 0.453 e. The summed E-state index contributed by atoms with van der Waals surface area (Å²) in [6.07, 6.45) is 8.11. The number of urea groups is 1. The second-order valence-corrected chi connectivity index (χ2v) is 18.8. The molecule has 2 amide bonds. The van der Waals surface area contributed by atoms with Crippen molar-refractivity contribution < 1.29 is 32.6 Å². The Morgan fingerprint density at radius 2 is 1.83 bits per heavy atom. The van der Waals surface area contributed by atoms with Crippen molar-refractivity contribution in [1.82, 2.24) is 33.9 Å². The Labute approximate surface area is 385 Å². The number of aldehydes is 1. The van der Waals surface area contributed by atoms with Gasteiger partial charge in [-0.1, -0.05) is 6.92 Å². The second kappa shape index (κ2) is 18.9. The summed E-state index contributed by atoms with van der Waals surface area (Å²) in [6, 6.07) is 12.8. The normalized spacial score (nSPS) is 24.2. The molecule has 2 bridgehead atoms. The zero-order valence-electron chi connectivity index (χ0n) is 37.5. The van der Waals surface area contributed by atoms with Crippen molar-refractivity contribution >= 4 is 57.8 Å². The molecule has 4 aliphatic rings. The first-order valence-corrected chi connectivity index (χ1v) is 23.4. The summed E-state index contributed by atoms with van der Waals surface area (Å²) < 4.78 is 58.4. The van der Waals surface area contributed by atoms with Crippen LogP contribution in [0.2, 0.25) is 0 Å². The highest BCUT2D eigenvalue weighted by Gasteiger charge is 2.49. The molecular formula is C47H54F2N10O6S. The average molecular weight is 925 g/mol. The number of carbonyl (C=O) groups is 2. The summed E-state index contributed by atoms with van der Waals surface area (Å²) in [7, 11) is 5.17. The topological polar surface area (TPSA) is 172 Å². The SMILES string of the molecule is CCN(C)SNc1ccc(F)c(Oc2ccc3ncn(C4COC5(CCC(N6C7COCC6CC(c6cc8c(cc6F)c(N(CCC=O)C(=O)NC)nn8C)C7)CC5)C4)c(=O)c3c2)c1C#N. The van der Waals surface area contributed by atoms with Gasteiger partial charge >= 0.3 is 6.03 Å². The number of carbonyl (C=O) groups excluding carboxylic acids is 2. The minimum Gasteiger partial charge on any atom is -0.453 e. The first kappa shape index (κ1) is 45.5. The first-order chi connectivity index (χ1) is 31.9. The van der Waals surface area contributed by atoms with Crippen LogP contribution in [0.1, 0.15) is 81.4 Å². The lowest BCUT2D eigenvalue weighted by atomic mass is 9.75. The Kier molecular flexibility index (Phi) is 13.0. The van der Waals surface area contributed by atoms with E-state index in [2.05, 4.69) is 31.1 Å². The average Bonchev–Trinajstić information content (AvgIpc) is 3.87. The molecule has 3 aromatic carbocycles. The third-order valence-corrected chi connectivity index (χ3v) is 14.9. The van der Waals surface area contributed by atoms with Gasteiger partial charge < -0.3 is 29.0 Å². The number of rotatable bonds is 13. The fourth-order valence-electron chi connectivity index (χ4n) is 10.6. The minimum absolute atomic E-state index is 0.00609. The molecular weight excluding hydrogens is 871 g/mol. The van der Waals surface area contributed by atoms with Gasteiger partial charge in [0.1, 0.15) is 29.5 Å². The van der Waals surface area contributed by atoms with E-state index < -0.39 is 11.8 Å². The van der Waals surface area contributed by atoms with Crippen molar-refractivity contribution in [2.45, 2.75) is 94.0 Å². The van der Waals surface area contributed by atoms with E-state index in [1.807, 2.05) is 24.3 Å². The molecule has 2 N–H and O–H groups in total. The summed E-state index contributed by atoms with van der Waals surface area (Å²) in [6.45, 7) is 4.37. The summed E-state index contributed by atoms with van der Waals surface area (Å²) >= 11 is 1.28. The number of nitrogens with one attached hydrogen (secondary N) is 2. The van der Waals surface area contributed by atoms with Gasteiger partial charge in [-0.15, -0.1) is 0 Å². The number of aromatic nitrogens is 4. The number of benzene rings is 3. The molecule has 3 saturated heterocycles. The van der Waals surface area contributed by atoms with E-state index in [-0.39, 0.29) is 71.0 Å². The molecule has 0 radical (unpaired) electrons. The molecule has 2 aromatic heterocycles. The van der Waals surface area contributed by atoms with Gasteiger partial charge in [0.25, 0.3) is 5.56 Å². The molecule has 19 heteroatoms. The van der Waals surface area contributed by atoms with Crippen LogP contribution in [0.15, 0.2) is 53.6 Å². The van der Waals surface area contributed by atoms with Crippen LogP contribution in [0, 0.1) is 23.0 Å². The maximum Gasteiger partial charge on any atom is 0.322 e. The van der Waals surface area contributed by atoms with Gasteiger partial charge in [-0.25, -0.2) is 22.9 Å². The van der Waals surface area contributed by atoms with E-state index >= 15 is 8.78 Å². The number of morpholine rings is 1. The van der Waals surface area contributed by atoms with Crippen molar-refractivity contribution in [3.05, 3.63) is 81.9 Å². The van der Waals surface area contributed by atoms with Gasteiger partial charge in [0.2, 0.25) is 0 Å². The van der Waals surface area contributed by atoms with Crippen LogP contribution >= 0.6 is 12.1 Å². The van der Waals surface area contributed by atoms with Gasteiger partial charge in [-0.2, -0.15) is 10.4 Å². The number of aryl methyl sites for hydroxylation is 1. The zero-order valence-corrected chi connectivity index (χ0v) is 38.3. The molecule has 9 rings (SSSR count). The Morgan fingerprint density at radius 3 is 2.55 bits per heavy atom. The number of piperidine rings is 1. The number of hydrogen-bond acceptors (Lipinski definition) is 13. The number of amides is 2. The number of halogens is 2. The molecule has 3 unspecified atom stereocenters. The Balaban J connectivity index is 0.867. The van der Waals surface area contributed by atoms with Gasteiger partial charge in [-0.05, 0) is 106 Å². The predicted molar refractivity (Wildman–Crippen MR) is 247 cm³/mol. The molecule has 5 heterocycles. The maximum atomic E-state index is 16.2. The standard InChI is InChI=1S/C47H54F2N10O6S/c1-5-55(3)66-54-41-10-8-38(48)43(37(41)23-50)65-33-7-9-40-35(19-33)45(61)58(27-52-40)32-22-47(64-26-32)13-11-29(12-14-47)59-30-17-28(18-31(59)25-63-24-30)34-21-42-36(20-39(34)49)44(53-56(42)4)57(15-6-16-60)46(62)51-2/h7-10,16,19-21,27-32,54H,5-6,11-15,17-18,22,24-26H2,1-4H3,(H,51,62). The van der Waals surface area contributed by atoms with Crippen molar-refractivity contribution in [1.29, 1.82) is 5.26 Å². The zero-order chi connectivity index (χ0) is 46.3. The maximum absolute atomic E-state index is 16.2. The minimum atomic E-state index is -0.703. The van der Waals surface area contributed by atoms with E-state index in [1.165, 1.54) is 42.3 Å².